The molecule has 0 spiro atoms. The van der Waals surface area contributed by atoms with E-state index in [1.54, 1.807) is 0 Å². The monoisotopic (exact) mass is 318 g/mol. The van der Waals surface area contributed by atoms with Crippen LogP contribution >= 0.6 is 11.8 Å². The number of thioether (sulfide) groups is 1. The number of rotatable bonds is 7. The van der Waals surface area contributed by atoms with Gasteiger partial charge in [0.2, 0.25) is 5.91 Å². The molecule has 6 heteroatoms. The summed E-state index contributed by atoms with van der Waals surface area (Å²) in [6, 6.07) is 7.79. The van der Waals surface area contributed by atoms with E-state index in [9.17, 15) is 4.79 Å². The summed E-state index contributed by atoms with van der Waals surface area (Å²) < 4.78 is 2.10. The summed E-state index contributed by atoms with van der Waals surface area (Å²) in [6.07, 6.45) is 1.87. The predicted octanol–water partition coefficient (Wildman–Crippen LogP) is 3.29. The molecule has 1 aromatic heterocycles. The second-order valence-electron chi connectivity index (χ2n) is 5.11. The largest absolute Gasteiger partial charge is 0.325 e. The molecule has 1 N–H and O–H groups in total. The van der Waals surface area contributed by atoms with Crippen molar-refractivity contribution in [3.05, 3.63) is 35.7 Å². The van der Waals surface area contributed by atoms with Crippen LogP contribution in [0.25, 0.3) is 0 Å². The normalized spacial score (nSPS) is 10.7. The number of nitrogens with one attached hydrogen (secondary N) is 1. The lowest BCUT2D eigenvalue weighted by atomic mass is 10.2. The number of amides is 1. The van der Waals surface area contributed by atoms with Gasteiger partial charge >= 0.3 is 0 Å². The molecule has 0 aliphatic rings. The Hall–Kier alpha value is -1.82. The number of benzene rings is 1. The zero-order valence-corrected chi connectivity index (χ0v) is 14.1. The fourth-order valence-corrected chi connectivity index (χ4v) is 2.97. The van der Waals surface area contributed by atoms with Crippen LogP contribution in [-0.2, 0) is 17.8 Å². The van der Waals surface area contributed by atoms with E-state index in [1.165, 1.54) is 11.8 Å². The standard InChI is InChI=1S/C16H22N4OS/c1-4-9-20-14(5-2)18-19-16(20)22-11-15(21)17-13-8-6-7-12(3)10-13/h6-8,10H,4-5,9,11H2,1-3H3,(H,17,21). The van der Waals surface area contributed by atoms with Gasteiger partial charge in [0.05, 0.1) is 5.75 Å². The molecular weight excluding hydrogens is 296 g/mol. The molecule has 1 heterocycles. The van der Waals surface area contributed by atoms with Crippen LogP contribution < -0.4 is 5.32 Å². The minimum atomic E-state index is -0.0281. The van der Waals surface area contributed by atoms with Gasteiger partial charge in [-0.3, -0.25) is 4.79 Å². The van der Waals surface area contributed by atoms with Crippen LogP contribution in [0, 0.1) is 6.92 Å². The third kappa shape index (κ3) is 4.34. The first-order valence-corrected chi connectivity index (χ1v) is 8.54. The molecular formula is C16H22N4OS. The van der Waals surface area contributed by atoms with Crippen LogP contribution in [0.15, 0.2) is 29.4 Å². The number of nitrogens with zero attached hydrogens (tertiary/aromatic N) is 3. The highest BCUT2D eigenvalue weighted by Crippen LogP contribution is 2.18. The molecule has 0 aliphatic carbocycles. The molecule has 2 aromatic rings. The van der Waals surface area contributed by atoms with Gasteiger partial charge in [0.1, 0.15) is 5.82 Å². The fourth-order valence-electron chi connectivity index (χ4n) is 2.19. The van der Waals surface area contributed by atoms with E-state index in [0.29, 0.717) is 5.75 Å². The third-order valence-corrected chi connectivity index (χ3v) is 4.16. The molecule has 0 radical (unpaired) electrons. The molecule has 0 unspecified atom stereocenters. The van der Waals surface area contributed by atoms with Crippen molar-refractivity contribution in [1.29, 1.82) is 0 Å². The first-order valence-electron chi connectivity index (χ1n) is 7.55. The van der Waals surface area contributed by atoms with Crippen LogP contribution in [0.2, 0.25) is 0 Å². The van der Waals surface area contributed by atoms with Gasteiger partial charge in [0.25, 0.3) is 0 Å². The summed E-state index contributed by atoms with van der Waals surface area (Å²) in [5, 5.41) is 12.1. The first kappa shape index (κ1) is 16.5. The van der Waals surface area contributed by atoms with Gasteiger partial charge in [-0.05, 0) is 31.0 Å². The number of aryl methyl sites for hydroxylation is 2. The Labute approximate surface area is 135 Å². The van der Waals surface area contributed by atoms with Gasteiger partial charge in [-0.25, -0.2) is 0 Å². The summed E-state index contributed by atoms with van der Waals surface area (Å²) in [6.45, 7) is 7.08. The predicted molar refractivity (Wildman–Crippen MR) is 90.2 cm³/mol. The van der Waals surface area contributed by atoms with Crippen molar-refractivity contribution >= 4 is 23.4 Å². The highest BCUT2D eigenvalue weighted by Gasteiger charge is 2.12. The Balaban J connectivity index is 1.95. The van der Waals surface area contributed by atoms with Crippen LogP contribution in [0.1, 0.15) is 31.7 Å². The quantitative estimate of drug-likeness (QED) is 0.796. The number of carbonyl (C=O) groups excluding carboxylic acids is 1. The molecule has 0 bridgehead atoms. The molecule has 0 saturated heterocycles. The molecule has 1 amide bonds. The van der Waals surface area contributed by atoms with Gasteiger partial charge < -0.3 is 9.88 Å². The summed E-state index contributed by atoms with van der Waals surface area (Å²) in [5.74, 6) is 1.28. The van der Waals surface area contributed by atoms with Gasteiger partial charge in [-0.1, -0.05) is 37.7 Å². The highest BCUT2D eigenvalue weighted by molar-refractivity contribution is 7.99. The average Bonchev–Trinajstić information content (AvgIpc) is 2.88. The Bertz CT molecular complexity index is 639. The van der Waals surface area contributed by atoms with E-state index in [2.05, 4.69) is 33.9 Å². The molecule has 1 aromatic carbocycles. The van der Waals surface area contributed by atoms with Crippen LogP contribution in [0.5, 0.6) is 0 Å². The maximum atomic E-state index is 12.1. The van der Waals surface area contributed by atoms with Crippen molar-refractivity contribution in [2.75, 3.05) is 11.1 Å². The lowest BCUT2D eigenvalue weighted by molar-refractivity contribution is -0.113. The van der Waals surface area contributed by atoms with E-state index < -0.39 is 0 Å². The molecule has 0 fully saturated rings. The molecule has 0 aliphatic heterocycles. The smallest absolute Gasteiger partial charge is 0.234 e. The molecule has 0 saturated carbocycles. The van der Waals surface area contributed by atoms with Gasteiger partial charge in [0, 0.05) is 18.7 Å². The maximum absolute atomic E-state index is 12.1. The maximum Gasteiger partial charge on any atom is 0.234 e. The number of carbonyl (C=O) groups is 1. The minimum absolute atomic E-state index is 0.0281. The number of hydrogen-bond donors (Lipinski definition) is 1. The van der Waals surface area contributed by atoms with E-state index in [0.717, 1.165) is 41.6 Å². The lowest BCUT2D eigenvalue weighted by Crippen LogP contribution is -2.15. The van der Waals surface area contributed by atoms with E-state index >= 15 is 0 Å². The van der Waals surface area contributed by atoms with Crippen molar-refractivity contribution in [3.63, 3.8) is 0 Å². The Morgan fingerprint density at radius 3 is 2.82 bits per heavy atom. The SMILES string of the molecule is CCCn1c(CC)nnc1SCC(=O)Nc1cccc(C)c1. The fraction of sp³-hybridized carbons (Fsp3) is 0.438. The Morgan fingerprint density at radius 2 is 2.14 bits per heavy atom. The summed E-state index contributed by atoms with van der Waals surface area (Å²) in [4.78, 5) is 12.1. The van der Waals surface area contributed by atoms with Crippen molar-refractivity contribution in [1.82, 2.24) is 14.8 Å². The van der Waals surface area contributed by atoms with E-state index in [1.807, 2.05) is 31.2 Å². The Kier molecular flexibility index (Phi) is 6.00. The molecule has 5 nitrogen and oxygen atoms in total. The molecule has 118 valence electrons. The highest BCUT2D eigenvalue weighted by atomic mass is 32.2. The molecule has 22 heavy (non-hydrogen) atoms. The zero-order chi connectivity index (χ0) is 15.9. The Morgan fingerprint density at radius 1 is 1.32 bits per heavy atom. The van der Waals surface area contributed by atoms with Gasteiger partial charge in [0.15, 0.2) is 5.16 Å². The second kappa shape index (κ2) is 7.98. The van der Waals surface area contributed by atoms with Crippen LogP contribution in [0.4, 0.5) is 5.69 Å². The second-order valence-corrected chi connectivity index (χ2v) is 6.05. The van der Waals surface area contributed by atoms with Crippen molar-refractivity contribution in [3.8, 4) is 0 Å². The number of aromatic nitrogens is 3. The number of anilines is 1. The van der Waals surface area contributed by atoms with E-state index in [4.69, 9.17) is 0 Å². The lowest BCUT2D eigenvalue weighted by Gasteiger charge is -2.08. The summed E-state index contributed by atoms with van der Waals surface area (Å²) >= 11 is 1.43. The van der Waals surface area contributed by atoms with Gasteiger partial charge in [-0.15, -0.1) is 10.2 Å². The minimum Gasteiger partial charge on any atom is -0.325 e. The average molecular weight is 318 g/mol. The topological polar surface area (TPSA) is 59.8 Å². The zero-order valence-electron chi connectivity index (χ0n) is 13.3. The van der Waals surface area contributed by atoms with E-state index in [-0.39, 0.29) is 5.91 Å². The molecule has 0 atom stereocenters. The van der Waals surface area contributed by atoms with Crippen molar-refractivity contribution in [2.24, 2.45) is 0 Å². The third-order valence-electron chi connectivity index (χ3n) is 3.19. The summed E-state index contributed by atoms with van der Waals surface area (Å²) in [7, 11) is 0. The molecule has 2 rings (SSSR count). The van der Waals surface area contributed by atoms with Crippen LogP contribution in [0.3, 0.4) is 0 Å². The van der Waals surface area contributed by atoms with Crippen molar-refractivity contribution < 1.29 is 4.79 Å². The van der Waals surface area contributed by atoms with Crippen LogP contribution in [-0.4, -0.2) is 26.4 Å². The van der Waals surface area contributed by atoms with Gasteiger partial charge in [-0.2, -0.15) is 0 Å². The number of hydrogen-bond acceptors (Lipinski definition) is 4. The summed E-state index contributed by atoms with van der Waals surface area (Å²) in [5.41, 5.74) is 1.95. The first-order chi connectivity index (χ1) is 10.6. The van der Waals surface area contributed by atoms with Crippen molar-refractivity contribution in [2.45, 2.75) is 45.3 Å².